The fraction of sp³-hybridized carbons (Fsp3) is 0.190. The lowest BCUT2D eigenvalue weighted by Crippen LogP contribution is -2.31. The van der Waals surface area contributed by atoms with Crippen LogP contribution in [0.4, 0.5) is 4.39 Å². The Bertz CT molecular complexity index is 1090. The molecular weight excluding hydrogens is 381 g/mol. The lowest BCUT2D eigenvalue weighted by Gasteiger charge is -2.17. The number of carbonyl (C=O) groups excluding carboxylic acids is 1. The third-order valence-corrected chi connectivity index (χ3v) is 6.64. The Morgan fingerprint density at radius 1 is 1.07 bits per heavy atom. The molecule has 1 atom stereocenters. The molecule has 0 aliphatic carbocycles. The van der Waals surface area contributed by atoms with Crippen molar-refractivity contribution >= 4 is 15.7 Å². The van der Waals surface area contributed by atoms with Crippen molar-refractivity contribution in [3.05, 3.63) is 89.1 Å². The molecule has 0 bridgehead atoms. The fourth-order valence-electron chi connectivity index (χ4n) is 2.81. The number of nitrogens with one attached hydrogen (secondary N) is 1. The van der Waals surface area contributed by atoms with Gasteiger partial charge in [0, 0.05) is 12.1 Å². The third kappa shape index (κ3) is 4.14. The average Bonchev–Trinajstić information content (AvgIpc) is 3.18. The minimum atomic E-state index is -3.83. The van der Waals surface area contributed by atoms with Gasteiger partial charge in [-0.1, -0.05) is 12.1 Å². The highest BCUT2D eigenvalue weighted by molar-refractivity contribution is 7.91. The van der Waals surface area contributed by atoms with Gasteiger partial charge in [0.15, 0.2) is 9.84 Å². The minimum absolute atomic E-state index is 0.113. The molecule has 0 radical (unpaired) electrons. The second-order valence-electron chi connectivity index (χ2n) is 6.52. The lowest BCUT2D eigenvalue weighted by molar-refractivity contribution is 0.0952. The highest BCUT2D eigenvalue weighted by Crippen LogP contribution is 2.30. The Kier molecular flexibility index (Phi) is 5.65. The maximum atomic E-state index is 13.3. The van der Waals surface area contributed by atoms with Gasteiger partial charge in [-0.05, 0) is 67.4 Å². The maximum absolute atomic E-state index is 13.3. The zero-order chi connectivity index (χ0) is 20.3. The summed E-state index contributed by atoms with van der Waals surface area (Å²) in [6, 6.07) is 13.2. The second kappa shape index (κ2) is 7.98. The van der Waals surface area contributed by atoms with Crippen molar-refractivity contribution in [1.82, 2.24) is 5.32 Å². The summed E-state index contributed by atoms with van der Waals surface area (Å²) in [7, 11) is -3.83. The van der Waals surface area contributed by atoms with E-state index in [1.807, 2.05) is 13.8 Å². The highest BCUT2D eigenvalue weighted by Gasteiger charge is 2.32. The number of halogens is 1. The normalized spacial score (nSPS) is 12.5. The highest BCUT2D eigenvalue weighted by atomic mass is 32.2. The smallest absolute Gasteiger partial charge is 0.251 e. The molecule has 1 N–H and O–H groups in total. The number of rotatable bonds is 6. The van der Waals surface area contributed by atoms with Crippen molar-refractivity contribution in [1.29, 1.82) is 0 Å². The van der Waals surface area contributed by atoms with Gasteiger partial charge in [0.2, 0.25) is 0 Å². The Balaban J connectivity index is 1.89. The molecule has 1 amide bonds. The van der Waals surface area contributed by atoms with E-state index in [9.17, 15) is 17.6 Å². The summed E-state index contributed by atoms with van der Waals surface area (Å²) in [5.41, 5.74) is 1.94. The Labute approximate surface area is 163 Å². The molecule has 0 fully saturated rings. The first-order valence-corrected chi connectivity index (χ1v) is 10.2. The van der Waals surface area contributed by atoms with E-state index in [0.717, 1.165) is 17.2 Å². The third-order valence-electron chi connectivity index (χ3n) is 4.58. The van der Waals surface area contributed by atoms with Gasteiger partial charge in [-0.2, -0.15) is 0 Å². The summed E-state index contributed by atoms with van der Waals surface area (Å²) in [5.74, 6) is -0.887. The van der Waals surface area contributed by atoms with Crippen LogP contribution in [0.1, 0.15) is 32.5 Å². The van der Waals surface area contributed by atoms with Gasteiger partial charge in [-0.3, -0.25) is 4.79 Å². The van der Waals surface area contributed by atoms with Crippen LogP contribution in [0, 0.1) is 19.7 Å². The average molecular weight is 401 g/mol. The van der Waals surface area contributed by atoms with Crippen LogP contribution in [0.15, 0.2) is 70.2 Å². The van der Waals surface area contributed by atoms with Crippen LogP contribution >= 0.6 is 0 Å². The van der Waals surface area contributed by atoms with Crippen molar-refractivity contribution in [2.75, 3.05) is 6.54 Å². The molecule has 0 unspecified atom stereocenters. The fourth-order valence-corrected chi connectivity index (χ4v) is 4.48. The van der Waals surface area contributed by atoms with Gasteiger partial charge in [-0.15, -0.1) is 0 Å². The van der Waals surface area contributed by atoms with E-state index in [4.69, 9.17) is 4.42 Å². The van der Waals surface area contributed by atoms with E-state index in [1.54, 1.807) is 30.3 Å². The van der Waals surface area contributed by atoms with Crippen LogP contribution in [0.25, 0.3) is 0 Å². The first-order chi connectivity index (χ1) is 13.3. The predicted octanol–water partition coefficient (Wildman–Crippen LogP) is 3.98. The number of carbonyl (C=O) groups is 1. The van der Waals surface area contributed by atoms with Crippen LogP contribution < -0.4 is 5.32 Å². The standard InChI is InChI=1S/C21H20FNO4S/c1-14-8-9-18(11-15(14)2)28(25,26)20(19-7-4-10-27-19)13-23-21(24)16-5-3-6-17(22)12-16/h3-12,20H,13H2,1-2H3,(H,23,24)/t20-/m0/s1. The molecule has 7 heteroatoms. The molecule has 1 aromatic heterocycles. The molecule has 3 rings (SSSR count). The van der Waals surface area contributed by atoms with Crippen LogP contribution in [0.3, 0.4) is 0 Å². The molecule has 0 saturated carbocycles. The van der Waals surface area contributed by atoms with Crippen molar-refractivity contribution in [2.45, 2.75) is 24.0 Å². The van der Waals surface area contributed by atoms with Crippen LogP contribution in [-0.2, 0) is 9.84 Å². The number of amides is 1. The number of furan rings is 1. The van der Waals surface area contributed by atoms with Crippen LogP contribution in [-0.4, -0.2) is 20.9 Å². The molecule has 1 heterocycles. The molecule has 3 aromatic rings. The Morgan fingerprint density at radius 2 is 1.86 bits per heavy atom. The van der Waals surface area contributed by atoms with Crippen molar-refractivity contribution in [2.24, 2.45) is 0 Å². The predicted molar refractivity (Wildman–Crippen MR) is 103 cm³/mol. The first kappa shape index (κ1) is 19.8. The molecule has 0 aliphatic rings. The zero-order valence-electron chi connectivity index (χ0n) is 15.5. The molecule has 28 heavy (non-hydrogen) atoms. The second-order valence-corrected chi connectivity index (χ2v) is 8.65. The number of benzene rings is 2. The largest absolute Gasteiger partial charge is 0.468 e. The Hall–Kier alpha value is -2.93. The van der Waals surface area contributed by atoms with Gasteiger partial charge >= 0.3 is 0 Å². The lowest BCUT2D eigenvalue weighted by atomic mass is 10.1. The molecule has 5 nitrogen and oxygen atoms in total. The molecular formula is C21H20FNO4S. The number of aryl methyl sites for hydroxylation is 2. The summed E-state index contributed by atoms with van der Waals surface area (Å²) in [4.78, 5) is 12.5. The van der Waals surface area contributed by atoms with Gasteiger partial charge in [0.05, 0.1) is 11.2 Å². The number of sulfone groups is 1. The summed E-state index contributed by atoms with van der Waals surface area (Å²) >= 11 is 0. The molecule has 2 aromatic carbocycles. The minimum Gasteiger partial charge on any atom is -0.468 e. The van der Waals surface area contributed by atoms with E-state index in [1.165, 1.54) is 24.5 Å². The van der Waals surface area contributed by atoms with Crippen LogP contribution in [0.5, 0.6) is 0 Å². The first-order valence-electron chi connectivity index (χ1n) is 8.67. The topological polar surface area (TPSA) is 76.4 Å². The Morgan fingerprint density at radius 3 is 2.50 bits per heavy atom. The van der Waals surface area contributed by atoms with Crippen LogP contribution in [0.2, 0.25) is 0 Å². The van der Waals surface area contributed by atoms with E-state index in [0.29, 0.717) is 0 Å². The monoisotopic (exact) mass is 401 g/mol. The van der Waals surface area contributed by atoms with Gasteiger partial charge in [0.25, 0.3) is 5.91 Å². The van der Waals surface area contributed by atoms with Gasteiger partial charge in [0.1, 0.15) is 16.8 Å². The molecule has 0 aliphatic heterocycles. The van der Waals surface area contributed by atoms with E-state index >= 15 is 0 Å². The zero-order valence-corrected chi connectivity index (χ0v) is 16.3. The quantitative estimate of drug-likeness (QED) is 0.678. The van der Waals surface area contributed by atoms with Crippen molar-refractivity contribution < 1.29 is 22.0 Å². The summed E-state index contributed by atoms with van der Waals surface area (Å²) < 4.78 is 45.1. The van der Waals surface area contributed by atoms with Gasteiger partial charge in [-0.25, -0.2) is 12.8 Å². The number of hydrogen-bond donors (Lipinski definition) is 1. The van der Waals surface area contributed by atoms with E-state index < -0.39 is 26.8 Å². The summed E-state index contributed by atoms with van der Waals surface area (Å²) in [6.45, 7) is 3.52. The molecule has 146 valence electrons. The maximum Gasteiger partial charge on any atom is 0.251 e. The van der Waals surface area contributed by atoms with E-state index in [2.05, 4.69) is 5.32 Å². The summed E-state index contributed by atoms with van der Waals surface area (Å²) in [5, 5.41) is 1.46. The van der Waals surface area contributed by atoms with Crippen molar-refractivity contribution in [3.63, 3.8) is 0 Å². The van der Waals surface area contributed by atoms with Gasteiger partial charge < -0.3 is 9.73 Å². The SMILES string of the molecule is Cc1ccc(S(=O)(=O)[C@@H](CNC(=O)c2cccc(F)c2)c2ccco2)cc1C. The van der Waals surface area contributed by atoms with Crippen molar-refractivity contribution in [3.8, 4) is 0 Å². The number of hydrogen-bond acceptors (Lipinski definition) is 4. The van der Waals surface area contributed by atoms with E-state index in [-0.39, 0.29) is 22.8 Å². The summed E-state index contributed by atoms with van der Waals surface area (Å²) in [6.07, 6.45) is 1.38. The molecule has 0 saturated heterocycles. The molecule has 0 spiro atoms.